The minimum absolute atomic E-state index is 0.0825. The summed E-state index contributed by atoms with van der Waals surface area (Å²) in [6.07, 6.45) is 6.01. The van der Waals surface area contributed by atoms with E-state index >= 15 is 0 Å². The molecule has 1 aliphatic heterocycles. The summed E-state index contributed by atoms with van der Waals surface area (Å²) in [6, 6.07) is 0.529. The minimum Gasteiger partial charge on any atom is -0.355 e. The molecule has 2 unspecified atom stereocenters. The van der Waals surface area contributed by atoms with Crippen molar-refractivity contribution >= 4 is 5.91 Å². The van der Waals surface area contributed by atoms with Crippen LogP contribution in [0.2, 0.25) is 0 Å². The van der Waals surface area contributed by atoms with Gasteiger partial charge in [0.25, 0.3) is 0 Å². The molecule has 112 valence electrons. The summed E-state index contributed by atoms with van der Waals surface area (Å²) in [4.78, 5) is 14.4. The average molecular weight is 269 g/mol. The summed E-state index contributed by atoms with van der Waals surface area (Å²) >= 11 is 0. The first-order valence-corrected chi connectivity index (χ1v) is 7.94. The first kappa shape index (κ1) is 16.4. The van der Waals surface area contributed by atoms with E-state index in [4.69, 9.17) is 0 Å². The monoisotopic (exact) mass is 269 g/mol. The van der Waals surface area contributed by atoms with Gasteiger partial charge >= 0.3 is 0 Å². The van der Waals surface area contributed by atoms with Gasteiger partial charge < -0.3 is 10.6 Å². The van der Waals surface area contributed by atoms with Crippen molar-refractivity contribution in [3.63, 3.8) is 0 Å². The molecule has 19 heavy (non-hydrogen) atoms. The van der Waals surface area contributed by atoms with Gasteiger partial charge in [-0.2, -0.15) is 0 Å². The third-order valence-electron chi connectivity index (χ3n) is 4.04. The van der Waals surface area contributed by atoms with Crippen LogP contribution in [0.1, 0.15) is 52.9 Å². The number of hydrogen-bond acceptors (Lipinski definition) is 3. The molecule has 0 radical (unpaired) electrons. The first-order valence-electron chi connectivity index (χ1n) is 7.94. The van der Waals surface area contributed by atoms with E-state index < -0.39 is 0 Å². The molecule has 1 aliphatic rings. The fourth-order valence-electron chi connectivity index (χ4n) is 2.69. The Balaban J connectivity index is 2.15. The molecule has 1 fully saturated rings. The third-order valence-corrected chi connectivity index (χ3v) is 4.04. The Morgan fingerprint density at radius 3 is 2.84 bits per heavy atom. The lowest BCUT2D eigenvalue weighted by atomic mass is 10.2. The highest BCUT2D eigenvalue weighted by Crippen LogP contribution is 2.15. The number of carbonyl (C=O) groups excluding carboxylic acids is 1. The van der Waals surface area contributed by atoms with Crippen LogP contribution < -0.4 is 10.6 Å². The van der Waals surface area contributed by atoms with Crippen molar-refractivity contribution in [2.24, 2.45) is 0 Å². The summed E-state index contributed by atoms with van der Waals surface area (Å²) in [6.45, 7) is 10.4. The SMILES string of the molecule is CCCCCNC(=O)C(C)NCC1CCCN1CC. The lowest BCUT2D eigenvalue weighted by Gasteiger charge is -2.24. The molecule has 2 atom stereocenters. The van der Waals surface area contributed by atoms with Crippen LogP contribution in [0.5, 0.6) is 0 Å². The largest absolute Gasteiger partial charge is 0.355 e. The fraction of sp³-hybridized carbons (Fsp3) is 0.933. The van der Waals surface area contributed by atoms with Crippen LogP contribution >= 0.6 is 0 Å². The summed E-state index contributed by atoms with van der Waals surface area (Å²) < 4.78 is 0. The van der Waals surface area contributed by atoms with E-state index in [2.05, 4.69) is 29.4 Å². The number of likely N-dealkylation sites (tertiary alicyclic amines) is 1. The van der Waals surface area contributed by atoms with Gasteiger partial charge in [-0.05, 0) is 39.3 Å². The fourth-order valence-corrected chi connectivity index (χ4v) is 2.69. The molecule has 0 aromatic heterocycles. The quantitative estimate of drug-likeness (QED) is 0.627. The van der Waals surface area contributed by atoms with Gasteiger partial charge in [0, 0.05) is 19.1 Å². The van der Waals surface area contributed by atoms with Crippen molar-refractivity contribution in [3.8, 4) is 0 Å². The normalized spacial score (nSPS) is 21.5. The van der Waals surface area contributed by atoms with E-state index in [0.717, 1.165) is 26.1 Å². The topological polar surface area (TPSA) is 44.4 Å². The number of amides is 1. The molecule has 1 saturated heterocycles. The van der Waals surface area contributed by atoms with E-state index in [-0.39, 0.29) is 11.9 Å². The Labute approximate surface area is 118 Å². The summed E-state index contributed by atoms with van der Waals surface area (Å²) in [5.74, 6) is 0.136. The van der Waals surface area contributed by atoms with Gasteiger partial charge in [0.2, 0.25) is 5.91 Å². The van der Waals surface area contributed by atoms with Gasteiger partial charge in [0.05, 0.1) is 6.04 Å². The zero-order valence-corrected chi connectivity index (χ0v) is 12.9. The zero-order valence-electron chi connectivity index (χ0n) is 12.9. The van der Waals surface area contributed by atoms with Crippen LogP contribution in [0.3, 0.4) is 0 Å². The molecule has 0 spiro atoms. The standard InChI is InChI=1S/C15H31N3O/c1-4-6-7-10-16-15(19)13(3)17-12-14-9-8-11-18(14)5-2/h13-14,17H,4-12H2,1-3H3,(H,16,19). The second-order valence-corrected chi connectivity index (χ2v) is 5.55. The van der Waals surface area contributed by atoms with Crippen molar-refractivity contribution in [1.82, 2.24) is 15.5 Å². The summed E-state index contributed by atoms with van der Waals surface area (Å²) in [5.41, 5.74) is 0. The Hall–Kier alpha value is -0.610. The van der Waals surface area contributed by atoms with Gasteiger partial charge in [-0.25, -0.2) is 0 Å². The molecule has 4 nitrogen and oxygen atoms in total. The number of unbranched alkanes of at least 4 members (excludes halogenated alkanes) is 2. The molecule has 0 aromatic rings. The van der Waals surface area contributed by atoms with Gasteiger partial charge in [0.15, 0.2) is 0 Å². The molecule has 0 aromatic carbocycles. The van der Waals surface area contributed by atoms with Crippen molar-refractivity contribution < 1.29 is 4.79 Å². The molecule has 1 rings (SSSR count). The Morgan fingerprint density at radius 2 is 2.16 bits per heavy atom. The van der Waals surface area contributed by atoms with Crippen molar-refractivity contribution in [2.75, 3.05) is 26.2 Å². The van der Waals surface area contributed by atoms with E-state index in [0.29, 0.717) is 6.04 Å². The second-order valence-electron chi connectivity index (χ2n) is 5.55. The van der Waals surface area contributed by atoms with Crippen LogP contribution in [0.25, 0.3) is 0 Å². The predicted molar refractivity (Wildman–Crippen MR) is 80.3 cm³/mol. The molecule has 1 amide bonds. The number of likely N-dealkylation sites (N-methyl/N-ethyl adjacent to an activating group) is 1. The number of rotatable bonds is 9. The molecule has 1 heterocycles. The molecule has 0 saturated carbocycles. The lowest BCUT2D eigenvalue weighted by Crippen LogP contribution is -2.47. The second kappa shape index (κ2) is 9.32. The maximum absolute atomic E-state index is 11.9. The predicted octanol–water partition coefficient (Wildman–Crippen LogP) is 1.76. The molecular weight excluding hydrogens is 238 g/mol. The molecule has 0 aliphatic carbocycles. The molecule has 4 heteroatoms. The van der Waals surface area contributed by atoms with Gasteiger partial charge in [0.1, 0.15) is 0 Å². The highest BCUT2D eigenvalue weighted by atomic mass is 16.2. The van der Waals surface area contributed by atoms with E-state index in [9.17, 15) is 4.79 Å². The molecule has 2 N–H and O–H groups in total. The van der Waals surface area contributed by atoms with Crippen LogP contribution in [0.4, 0.5) is 0 Å². The first-order chi connectivity index (χ1) is 9.19. The number of nitrogens with one attached hydrogen (secondary N) is 2. The number of hydrogen-bond donors (Lipinski definition) is 2. The maximum atomic E-state index is 11.9. The smallest absolute Gasteiger partial charge is 0.236 e. The van der Waals surface area contributed by atoms with Crippen LogP contribution in [-0.4, -0.2) is 49.1 Å². The number of carbonyl (C=O) groups is 1. The van der Waals surface area contributed by atoms with Crippen LogP contribution in [0.15, 0.2) is 0 Å². The van der Waals surface area contributed by atoms with Gasteiger partial charge in [-0.15, -0.1) is 0 Å². The zero-order chi connectivity index (χ0) is 14.1. The number of nitrogens with zero attached hydrogens (tertiary/aromatic N) is 1. The highest BCUT2D eigenvalue weighted by molar-refractivity contribution is 5.81. The van der Waals surface area contributed by atoms with Crippen LogP contribution in [0, 0.1) is 0 Å². The van der Waals surface area contributed by atoms with Crippen molar-refractivity contribution in [1.29, 1.82) is 0 Å². The van der Waals surface area contributed by atoms with E-state index in [1.807, 2.05) is 6.92 Å². The third kappa shape index (κ3) is 5.91. The van der Waals surface area contributed by atoms with Gasteiger partial charge in [-0.1, -0.05) is 26.7 Å². The lowest BCUT2D eigenvalue weighted by molar-refractivity contribution is -0.122. The summed E-state index contributed by atoms with van der Waals surface area (Å²) in [5, 5.41) is 6.38. The Bertz CT molecular complexity index is 258. The highest BCUT2D eigenvalue weighted by Gasteiger charge is 2.23. The van der Waals surface area contributed by atoms with E-state index in [1.54, 1.807) is 0 Å². The minimum atomic E-state index is -0.0825. The average Bonchev–Trinajstić information content (AvgIpc) is 2.88. The summed E-state index contributed by atoms with van der Waals surface area (Å²) in [7, 11) is 0. The van der Waals surface area contributed by atoms with Crippen molar-refractivity contribution in [3.05, 3.63) is 0 Å². The Kier molecular flexibility index (Phi) is 8.07. The maximum Gasteiger partial charge on any atom is 0.236 e. The van der Waals surface area contributed by atoms with Crippen molar-refractivity contribution in [2.45, 2.75) is 65.0 Å². The molecule has 0 bridgehead atoms. The molecular formula is C15H31N3O. The van der Waals surface area contributed by atoms with Gasteiger partial charge in [-0.3, -0.25) is 9.69 Å². The van der Waals surface area contributed by atoms with E-state index in [1.165, 1.54) is 32.2 Å². The van der Waals surface area contributed by atoms with Crippen LogP contribution in [-0.2, 0) is 4.79 Å². The Morgan fingerprint density at radius 1 is 1.37 bits per heavy atom.